The lowest BCUT2D eigenvalue weighted by molar-refractivity contribution is 0.249. The first-order valence-electron chi connectivity index (χ1n) is 7.95. The molecule has 0 spiro atoms. The predicted octanol–water partition coefficient (Wildman–Crippen LogP) is 4.68. The Kier molecular flexibility index (Phi) is 5.59. The van der Waals surface area contributed by atoms with Crippen LogP contribution in [0.3, 0.4) is 0 Å². The van der Waals surface area contributed by atoms with Gasteiger partial charge in [-0.05, 0) is 61.0 Å². The highest BCUT2D eigenvalue weighted by molar-refractivity contribution is 7.99. The minimum atomic E-state index is 0.356. The van der Waals surface area contributed by atoms with E-state index in [9.17, 15) is 0 Å². The molecule has 0 amide bonds. The number of halogens is 1. The van der Waals surface area contributed by atoms with Crippen LogP contribution in [0, 0.1) is 0 Å². The summed E-state index contributed by atoms with van der Waals surface area (Å²) in [6.45, 7) is 1.05. The predicted molar refractivity (Wildman–Crippen MR) is 101 cm³/mol. The highest BCUT2D eigenvalue weighted by Crippen LogP contribution is 2.39. The highest BCUT2D eigenvalue weighted by Gasteiger charge is 2.26. The first kappa shape index (κ1) is 17.5. The first-order valence-corrected chi connectivity index (χ1v) is 9.32. The molecule has 3 nitrogen and oxygen atoms in total. The molecular formula is C19H22ClNO2S. The second-order valence-corrected chi connectivity index (χ2v) is 7.45. The third kappa shape index (κ3) is 3.66. The maximum atomic E-state index is 5.97. The topological polar surface area (TPSA) is 21.7 Å². The van der Waals surface area contributed by atoms with Crippen molar-refractivity contribution in [3.63, 3.8) is 0 Å². The van der Waals surface area contributed by atoms with Gasteiger partial charge in [-0.3, -0.25) is 4.90 Å². The number of likely N-dealkylation sites (N-methyl/N-ethyl adjacent to an activating group) is 1. The summed E-state index contributed by atoms with van der Waals surface area (Å²) in [5.41, 5.74) is 2.69. The first-order chi connectivity index (χ1) is 11.6. The summed E-state index contributed by atoms with van der Waals surface area (Å²) in [7, 11) is 5.56. The molecule has 0 saturated heterocycles. The molecular weight excluding hydrogens is 342 g/mol. The summed E-state index contributed by atoms with van der Waals surface area (Å²) >= 11 is 7.82. The van der Waals surface area contributed by atoms with E-state index < -0.39 is 0 Å². The largest absolute Gasteiger partial charge is 0.493 e. The molecule has 2 aromatic rings. The number of ether oxygens (including phenoxy) is 2. The van der Waals surface area contributed by atoms with Gasteiger partial charge in [0, 0.05) is 28.3 Å². The van der Waals surface area contributed by atoms with Crippen molar-refractivity contribution >= 4 is 23.4 Å². The Bertz CT molecular complexity index is 705. The van der Waals surface area contributed by atoms with Crippen molar-refractivity contribution in [3.8, 4) is 11.5 Å². The Balaban J connectivity index is 1.84. The van der Waals surface area contributed by atoms with Crippen molar-refractivity contribution in [3.05, 3.63) is 52.5 Å². The maximum Gasteiger partial charge on any atom is 0.161 e. The molecule has 0 N–H and O–H groups in total. The summed E-state index contributed by atoms with van der Waals surface area (Å²) < 4.78 is 10.9. The van der Waals surface area contributed by atoms with Gasteiger partial charge in [0.15, 0.2) is 11.5 Å². The van der Waals surface area contributed by atoms with Crippen molar-refractivity contribution in [1.29, 1.82) is 0 Å². The molecule has 0 fully saturated rings. The van der Waals surface area contributed by atoms with Gasteiger partial charge in [0.25, 0.3) is 0 Å². The number of rotatable bonds is 5. The SMILES string of the molecule is COc1cc2c(cc1OC)C(CSc1ccc(Cl)cc1)N(C)CC2. The van der Waals surface area contributed by atoms with Crippen molar-refractivity contribution in [1.82, 2.24) is 4.90 Å². The van der Waals surface area contributed by atoms with Crippen molar-refractivity contribution < 1.29 is 9.47 Å². The lowest BCUT2D eigenvalue weighted by Crippen LogP contribution is -2.33. The van der Waals surface area contributed by atoms with Crippen LogP contribution in [-0.4, -0.2) is 38.5 Å². The van der Waals surface area contributed by atoms with E-state index in [-0.39, 0.29) is 0 Å². The van der Waals surface area contributed by atoms with Crippen LogP contribution in [0.1, 0.15) is 17.2 Å². The Labute approximate surface area is 152 Å². The van der Waals surface area contributed by atoms with E-state index in [0.29, 0.717) is 6.04 Å². The van der Waals surface area contributed by atoms with E-state index in [2.05, 4.69) is 36.2 Å². The van der Waals surface area contributed by atoms with E-state index in [1.807, 2.05) is 23.9 Å². The van der Waals surface area contributed by atoms with Gasteiger partial charge >= 0.3 is 0 Å². The lowest BCUT2D eigenvalue weighted by atomic mass is 9.93. The Morgan fingerprint density at radius 1 is 1.12 bits per heavy atom. The standard InChI is InChI=1S/C19H22ClNO2S/c1-21-9-8-13-10-18(22-2)19(23-3)11-16(13)17(21)12-24-15-6-4-14(20)5-7-15/h4-7,10-11,17H,8-9,12H2,1-3H3. The summed E-state index contributed by atoms with van der Waals surface area (Å²) in [4.78, 5) is 3.65. The fraction of sp³-hybridized carbons (Fsp3) is 0.368. The van der Waals surface area contributed by atoms with E-state index in [1.165, 1.54) is 16.0 Å². The Hall–Kier alpha value is -1.36. The Morgan fingerprint density at radius 3 is 2.46 bits per heavy atom. The number of benzene rings is 2. The Morgan fingerprint density at radius 2 is 1.79 bits per heavy atom. The van der Waals surface area contributed by atoms with Gasteiger partial charge in [-0.15, -0.1) is 11.8 Å². The average molecular weight is 364 g/mol. The minimum absolute atomic E-state index is 0.356. The number of thioether (sulfide) groups is 1. The highest BCUT2D eigenvalue weighted by atomic mass is 35.5. The average Bonchev–Trinajstić information content (AvgIpc) is 2.61. The molecule has 1 unspecified atom stereocenters. The van der Waals surface area contributed by atoms with Gasteiger partial charge in [-0.25, -0.2) is 0 Å². The molecule has 0 saturated carbocycles. The van der Waals surface area contributed by atoms with Crippen molar-refractivity contribution in [2.45, 2.75) is 17.4 Å². The van der Waals surface area contributed by atoms with Crippen LogP contribution in [0.15, 0.2) is 41.3 Å². The molecule has 128 valence electrons. The molecule has 1 heterocycles. The van der Waals surface area contributed by atoms with Gasteiger partial charge in [0.2, 0.25) is 0 Å². The molecule has 0 radical (unpaired) electrons. The molecule has 3 rings (SSSR count). The van der Waals surface area contributed by atoms with Crippen molar-refractivity contribution in [2.75, 3.05) is 33.6 Å². The van der Waals surface area contributed by atoms with Gasteiger partial charge in [0.1, 0.15) is 0 Å². The summed E-state index contributed by atoms with van der Waals surface area (Å²) in [5, 5.41) is 0.774. The van der Waals surface area contributed by atoms with E-state index >= 15 is 0 Å². The zero-order chi connectivity index (χ0) is 17.1. The van der Waals surface area contributed by atoms with Gasteiger partial charge in [-0.2, -0.15) is 0 Å². The van der Waals surface area contributed by atoms with Crippen LogP contribution < -0.4 is 9.47 Å². The van der Waals surface area contributed by atoms with Gasteiger partial charge in [-0.1, -0.05) is 11.6 Å². The third-order valence-corrected chi connectivity index (χ3v) is 5.83. The van der Waals surface area contributed by atoms with Crippen LogP contribution in [0.5, 0.6) is 11.5 Å². The van der Waals surface area contributed by atoms with Crippen molar-refractivity contribution in [2.24, 2.45) is 0 Å². The van der Waals surface area contributed by atoms with Crippen LogP contribution >= 0.6 is 23.4 Å². The fourth-order valence-corrected chi connectivity index (χ4v) is 4.32. The zero-order valence-electron chi connectivity index (χ0n) is 14.2. The van der Waals surface area contributed by atoms with Crippen LogP contribution in [0.4, 0.5) is 0 Å². The molecule has 0 aliphatic carbocycles. The lowest BCUT2D eigenvalue weighted by Gasteiger charge is -2.35. The molecule has 1 aliphatic rings. The summed E-state index contributed by atoms with van der Waals surface area (Å²) in [6, 6.07) is 12.6. The molecule has 0 bridgehead atoms. The van der Waals surface area contributed by atoms with E-state index in [0.717, 1.165) is 35.2 Å². The number of methoxy groups -OCH3 is 2. The van der Waals surface area contributed by atoms with Gasteiger partial charge < -0.3 is 9.47 Å². The maximum absolute atomic E-state index is 5.97. The van der Waals surface area contributed by atoms with Crippen LogP contribution in [0.25, 0.3) is 0 Å². The van der Waals surface area contributed by atoms with Crippen LogP contribution in [0.2, 0.25) is 5.02 Å². The molecule has 1 atom stereocenters. The monoisotopic (exact) mass is 363 g/mol. The number of fused-ring (bicyclic) bond motifs is 1. The molecule has 2 aromatic carbocycles. The second kappa shape index (κ2) is 7.68. The minimum Gasteiger partial charge on any atom is -0.493 e. The summed E-state index contributed by atoms with van der Waals surface area (Å²) in [6.07, 6.45) is 1.04. The van der Waals surface area contributed by atoms with Gasteiger partial charge in [0.05, 0.1) is 14.2 Å². The zero-order valence-corrected chi connectivity index (χ0v) is 15.8. The molecule has 0 aromatic heterocycles. The number of hydrogen-bond donors (Lipinski definition) is 0. The number of nitrogens with zero attached hydrogens (tertiary/aromatic N) is 1. The molecule has 1 aliphatic heterocycles. The van der Waals surface area contributed by atoms with E-state index in [4.69, 9.17) is 21.1 Å². The second-order valence-electron chi connectivity index (χ2n) is 5.92. The quantitative estimate of drug-likeness (QED) is 0.719. The fourth-order valence-electron chi connectivity index (χ4n) is 3.08. The normalized spacial score (nSPS) is 17.4. The van der Waals surface area contributed by atoms with E-state index in [1.54, 1.807) is 14.2 Å². The smallest absolute Gasteiger partial charge is 0.161 e. The molecule has 24 heavy (non-hydrogen) atoms. The summed E-state index contributed by atoms with van der Waals surface area (Å²) in [5.74, 6) is 2.60. The molecule has 5 heteroatoms. The third-order valence-electron chi connectivity index (χ3n) is 4.49. The van der Waals surface area contributed by atoms with Crippen LogP contribution in [-0.2, 0) is 6.42 Å². The number of hydrogen-bond acceptors (Lipinski definition) is 4.